The Morgan fingerprint density at radius 2 is 2.06 bits per heavy atom. The van der Waals surface area contributed by atoms with Crippen molar-refractivity contribution < 1.29 is 13.9 Å². The minimum absolute atomic E-state index is 0.0984. The van der Waals surface area contributed by atoms with Gasteiger partial charge in [0.2, 0.25) is 0 Å². The Labute approximate surface area is 108 Å². The minimum atomic E-state index is -0.191. The van der Waals surface area contributed by atoms with E-state index < -0.39 is 0 Å². The fourth-order valence-corrected chi connectivity index (χ4v) is 1.77. The SMILES string of the molecule is CCNC(COCCCOC)c1ccccc1F. The Hall–Kier alpha value is -0.970. The average molecular weight is 255 g/mol. The van der Waals surface area contributed by atoms with Crippen LogP contribution in [0.5, 0.6) is 0 Å². The maximum Gasteiger partial charge on any atom is 0.128 e. The van der Waals surface area contributed by atoms with E-state index in [1.807, 2.05) is 13.0 Å². The van der Waals surface area contributed by atoms with Gasteiger partial charge in [-0.2, -0.15) is 0 Å². The molecule has 1 aromatic rings. The molecule has 0 saturated heterocycles. The number of likely N-dealkylation sites (N-methyl/N-ethyl adjacent to an activating group) is 1. The normalized spacial score (nSPS) is 12.6. The molecule has 0 radical (unpaired) electrons. The molecule has 1 rings (SSSR count). The molecule has 1 aromatic carbocycles. The summed E-state index contributed by atoms with van der Waals surface area (Å²) in [5.74, 6) is -0.191. The van der Waals surface area contributed by atoms with Crippen molar-refractivity contribution in [1.29, 1.82) is 0 Å². The molecule has 0 aromatic heterocycles. The van der Waals surface area contributed by atoms with Crippen LogP contribution in [0.1, 0.15) is 24.9 Å². The number of halogens is 1. The maximum atomic E-state index is 13.7. The van der Waals surface area contributed by atoms with Gasteiger partial charge in [0, 0.05) is 25.9 Å². The summed E-state index contributed by atoms with van der Waals surface area (Å²) >= 11 is 0. The van der Waals surface area contributed by atoms with Crippen molar-refractivity contribution in [3.63, 3.8) is 0 Å². The molecule has 0 bridgehead atoms. The summed E-state index contributed by atoms with van der Waals surface area (Å²) in [5.41, 5.74) is 0.658. The Kier molecular flexibility index (Phi) is 7.57. The van der Waals surface area contributed by atoms with E-state index in [1.165, 1.54) is 6.07 Å². The highest BCUT2D eigenvalue weighted by Gasteiger charge is 2.14. The van der Waals surface area contributed by atoms with E-state index in [2.05, 4.69) is 5.32 Å². The summed E-state index contributed by atoms with van der Waals surface area (Å²) in [6.07, 6.45) is 0.854. The standard InChI is InChI=1S/C14H22FNO2/c1-3-16-14(11-18-10-6-9-17-2)12-7-4-5-8-13(12)15/h4-5,7-8,14,16H,3,6,9-11H2,1-2H3. The zero-order chi connectivity index (χ0) is 13.2. The molecular weight excluding hydrogens is 233 g/mol. The molecule has 18 heavy (non-hydrogen) atoms. The first-order chi connectivity index (χ1) is 8.79. The van der Waals surface area contributed by atoms with Crippen LogP contribution in [0.15, 0.2) is 24.3 Å². The summed E-state index contributed by atoms with van der Waals surface area (Å²) in [4.78, 5) is 0. The largest absolute Gasteiger partial charge is 0.385 e. The lowest BCUT2D eigenvalue weighted by Crippen LogP contribution is -2.26. The van der Waals surface area contributed by atoms with Crippen molar-refractivity contribution in [3.8, 4) is 0 Å². The predicted molar refractivity (Wildman–Crippen MR) is 70.1 cm³/mol. The third-order valence-electron chi connectivity index (χ3n) is 2.65. The molecule has 0 saturated carbocycles. The summed E-state index contributed by atoms with van der Waals surface area (Å²) in [6.45, 7) is 4.56. The van der Waals surface area contributed by atoms with Crippen LogP contribution in [0.25, 0.3) is 0 Å². The van der Waals surface area contributed by atoms with Crippen LogP contribution in [0, 0.1) is 5.82 Å². The van der Waals surface area contributed by atoms with E-state index in [0.717, 1.165) is 13.0 Å². The molecule has 1 atom stereocenters. The molecule has 1 unspecified atom stereocenters. The topological polar surface area (TPSA) is 30.5 Å². The van der Waals surface area contributed by atoms with Gasteiger partial charge in [0.05, 0.1) is 12.6 Å². The molecular formula is C14H22FNO2. The third-order valence-corrected chi connectivity index (χ3v) is 2.65. The Bertz CT molecular complexity index is 333. The highest BCUT2D eigenvalue weighted by Crippen LogP contribution is 2.17. The first-order valence-electron chi connectivity index (χ1n) is 6.34. The van der Waals surface area contributed by atoms with Gasteiger partial charge in [0.15, 0.2) is 0 Å². The van der Waals surface area contributed by atoms with Crippen molar-refractivity contribution in [3.05, 3.63) is 35.6 Å². The second-order valence-electron chi connectivity index (χ2n) is 4.05. The van der Waals surface area contributed by atoms with Crippen molar-refractivity contribution in [1.82, 2.24) is 5.32 Å². The van der Waals surface area contributed by atoms with Gasteiger partial charge in [-0.05, 0) is 19.0 Å². The Balaban J connectivity index is 2.47. The zero-order valence-corrected chi connectivity index (χ0v) is 11.1. The van der Waals surface area contributed by atoms with Crippen LogP contribution in [0.2, 0.25) is 0 Å². The molecule has 0 spiro atoms. The molecule has 0 heterocycles. The second kappa shape index (κ2) is 9.03. The lowest BCUT2D eigenvalue weighted by Gasteiger charge is -2.19. The molecule has 102 valence electrons. The number of hydrogen-bond donors (Lipinski definition) is 1. The lowest BCUT2D eigenvalue weighted by atomic mass is 10.1. The van der Waals surface area contributed by atoms with E-state index in [-0.39, 0.29) is 11.9 Å². The first-order valence-corrected chi connectivity index (χ1v) is 6.34. The van der Waals surface area contributed by atoms with Crippen molar-refractivity contribution in [2.24, 2.45) is 0 Å². The van der Waals surface area contributed by atoms with Gasteiger partial charge < -0.3 is 14.8 Å². The minimum Gasteiger partial charge on any atom is -0.385 e. The van der Waals surface area contributed by atoms with Gasteiger partial charge in [0.1, 0.15) is 5.82 Å². The summed E-state index contributed by atoms with van der Waals surface area (Å²) in [5, 5.41) is 3.23. The van der Waals surface area contributed by atoms with Crippen LogP contribution >= 0.6 is 0 Å². The van der Waals surface area contributed by atoms with E-state index in [4.69, 9.17) is 9.47 Å². The van der Waals surface area contributed by atoms with Crippen molar-refractivity contribution in [2.45, 2.75) is 19.4 Å². The number of benzene rings is 1. The van der Waals surface area contributed by atoms with E-state index >= 15 is 0 Å². The molecule has 0 amide bonds. The highest BCUT2D eigenvalue weighted by molar-refractivity contribution is 5.21. The molecule has 4 heteroatoms. The van der Waals surface area contributed by atoms with E-state index in [9.17, 15) is 4.39 Å². The summed E-state index contributed by atoms with van der Waals surface area (Å²) < 4.78 is 24.2. The zero-order valence-electron chi connectivity index (χ0n) is 11.1. The van der Waals surface area contributed by atoms with Gasteiger partial charge in [-0.1, -0.05) is 25.1 Å². The molecule has 1 N–H and O–H groups in total. The number of methoxy groups -OCH3 is 1. The Morgan fingerprint density at radius 1 is 1.28 bits per heavy atom. The Morgan fingerprint density at radius 3 is 2.72 bits per heavy atom. The quantitative estimate of drug-likeness (QED) is 0.688. The van der Waals surface area contributed by atoms with Gasteiger partial charge >= 0.3 is 0 Å². The van der Waals surface area contributed by atoms with Crippen LogP contribution in [-0.2, 0) is 9.47 Å². The predicted octanol–water partition coefficient (Wildman–Crippen LogP) is 2.53. The lowest BCUT2D eigenvalue weighted by molar-refractivity contribution is 0.0871. The number of nitrogens with one attached hydrogen (secondary N) is 1. The second-order valence-corrected chi connectivity index (χ2v) is 4.05. The van der Waals surface area contributed by atoms with E-state index in [0.29, 0.717) is 25.4 Å². The average Bonchev–Trinajstić information content (AvgIpc) is 2.38. The molecule has 0 aliphatic carbocycles. The highest BCUT2D eigenvalue weighted by atomic mass is 19.1. The van der Waals surface area contributed by atoms with E-state index in [1.54, 1.807) is 19.2 Å². The van der Waals surface area contributed by atoms with Gasteiger partial charge in [-0.15, -0.1) is 0 Å². The van der Waals surface area contributed by atoms with Crippen molar-refractivity contribution >= 4 is 0 Å². The monoisotopic (exact) mass is 255 g/mol. The number of hydrogen-bond acceptors (Lipinski definition) is 3. The third kappa shape index (κ3) is 5.12. The van der Waals surface area contributed by atoms with Crippen molar-refractivity contribution in [2.75, 3.05) is 33.5 Å². The number of rotatable bonds is 9. The molecule has 3 nitrogen and oxygen atoms in total. The van der Waals surface area contributed by atoms with Crippen LogP contribution < -0.4 is 5.32 Å². The van der Waals surface area contributed by atoms with Gasteiger partial charge in [-0.25, -0.2) is 4.39 Å². The number of ether oxygens (including phenoxy) is 2. The van der Waals surface area contributed by atoms with Gasteiger partial charge in [0.25, 0.3) is 0 Å². The summed E-state index contributed by atoms with van der Waals surface area (Å²) in [7, 11) is 1.67. The molecule has 0 aliphatic heterocycles. The summed E-state index contributed by atoms with van der Waals surface area (Å²) in [6, 6.07) is 6.71. The van der Waals surface area contributed by atoms with Gasteiger partial charge in [-0.3, -0.25) is 0 Å². The molecule has 0 aliphatic rings. The van der Waals surface area contributed by atoms with Crippen LogP contribution in [-0.4, -0.2) is 33.5 Å². The fraction of sp³-hybridized carbons (Fsp3) is 0.571. The smallest absolute Gasteiger partial charge is 0.128 e. The maximum absolute atomic E-state index is 13.7. The van der Waals surface area contributed by atoms with Crippen LogP contribution in [0.3, 0.4) is 0 Å². The molecule has 0 fully saturated rings. The first kappa shape index (κ1) is 15.1. The van der Waals surface area contributed by atoms with Crippen LogP contribution in [0.4, 0.5) is 4.39 Å². The fourth-order valence-electron chi connectivity index (χ4n) is 1.77.